The van der Waals surface area contributed by atoms with E-state index >= 15 is 0 Å². The number of hydrogen-bond acceptors (Lipinski definition) is 2. The summed E-state index contributed by atoms with van der Waals surface area (Å²) < 4.78 is 25.9. The van der Waals surface area contributed by atoms with Crippen LogP contribution in [-0.4, -0.2) is 16.0 Å². The summed E-state index contributed by atoms with van der Waals surface area (Å²) in [5, 5.41) is 6.30. The molecule has 1 aromatic heterocycles. The Balaban J connectivity index is 2.41. The second-order valence-corrected chi connectivity index (χ2v) is 3.39. The highest BCUT2D eigenvalue weighted by molar-refractivity contribution is 6.07. The fraction of sp³-hybridized carbons (Fsp3) is 0.0909. The number of aryl methyl sites for hydroxylation is 1. The Bertz CT molecular complexity index is 549. The summed E-state index contributed by atoms with van der Waals surface area (Å²) >= 11 is 0. The summed E-state index contributed by atoms with van der Waals surface area (Å²) in [5.41, 5.74) is 0.627. The molecule has 2 aromatic rings. The molecule has 0 amide bonds. The number of halogens is 2. The lowest BCUT2D eigenvalue weighted by Gasteiger charge is -1.99. The molecular weight excluding hydrogens is 214 g/mol. The van der Waals surface area contributed by atoms with Crippen LogP contribution in [0.3, 0.4) is 0 Å². The number of nitrogens with zero attached hydrogens (tertiary/aromatic N) is 1. The van der Waals surface area contributed by atoms with Crippen molar-refractivity contribution in [3.8, 4) is 0 Å². The number of nitrogens with one attached hydrogen (secondary N) is 1. The molecule has 0 aliphatic carbocycles. The van der Waals surface area contributed by atoms with Gasteiger partial charge in [0.1, 0.15) is 17.3 Å². The van der Waals surface area contributed by atoms with E-state index in [2.05, 4.69) is 10.2 Å². The summed E-state index contributed by atoms with van der Waals surface area (Å²) in [6.45, 7) is 1.73. The molecule has 0 saturated heterocycles. The molecule has 0 fully saturated rings. The van der Waals surface area contributed by atoms with Gasteiger partial charge in [-0.25, -0.2) is 8.78 Å². The first kappa shape index (κ1) is 10.5. The first-order chi connectivity index (χ1) is 7.58. The topological polar surface area (TPSA) is 45.8 Å². The van der Waals surface area contributed by atoms with Crippen molar-refractivity contribution in [1.82, 2.24) is 10.2 Å². The number of H-pyrrole nitrogens is 1. The predicted molar refractivity (Wildman–Crippen MR) is 53.1 cm³/mol. The molecule has 1 N–H and O–H groups in total. The molecule has 1 aromatic carbocycles. The number of ketones is 1. The van der Waals surface area contributed by atoms with Crippen LogP contribution in [0.1, 0.15) is 21.7 Å². The zero-order valence-electron chi connectivity index (χ0n) is 8.42. The normalized spacial score (nSPS) is 10.4. The number of aromatic amines is 1. The molecule has 0 aliphatic heterocycles. The average Bonchev–Trinajstić information content (AvgIpc) is 2.64. The van der Waals surface area contributed by atoms with Gasteiger partial charge in [0.2, 0.25) is 5.78 Å². The van der Waals surface area contributed by atoms with Crippen LogP contribution in [0.2, 0.25) is 0 Å². The molecule has 0 radical (unpaired) electrons. The Morgan fingerprint density at radius 1 is 1.31 bits per heavy atom. The minimum atomic E-state index is -0.884. The zero-order chi connectivity index (χ0) is 11.7. The first-order valence-electron chi connectivity index (χ1n) is 4.59. The third-order valence-corrected chi connectivity index (χ3v) is 2.11. The number of carbonyl (C=O) groups is 1. The highest BCUT2D eigenvalue weighted by atomic mass is 19.1. The maximum absolute atomic E-state index is 13.3. The lowest BCUT2D eigenvalue weighted by molar-refractivity contribution is 0.103. The number of aromatic nitrogens is 2. The van der Waals surface area contributed by atoms with Crippen molar-refractivity contribution in [1.29, 1.82) is 0 Å². The largest absolute Gasteiger partial charge is 0.287 e. The minimum Gasteiger partial charge on any atom is -0.287 e. The Kier molecular flexibility index (Phi) is 2.52. The van der Waals surface area contributed by atoms with Crippen molar-refractivity contribution in [3.63, 3.8) is 0 Å². The van der Waals surface area contributed by atoms with Gasteiger partial charge in [0.25, 0.3) is 0 Å². The smallest absolute Gasteiger partial charge is 0.216 e. The van der Waals surface area contributed by atoms with E-state index in [9.17, 15) is 13.6 Å². The van der Waals surface area contributed by atoms with E-state index in [0.29, 0.717) is 11.8 Å². The SMILES string of the molecule is Cc1cc(C(=O)c2ccc(F)cc2F)n[nH]1. The van der Waals surface area contributed by atoms with Crippen molar-refractivity contribution >= 4 is 5.78 Å². The van der Waals surface area contributed by atoms with Crippen molar-refractivity contribution in [2.75, 3.05) is 0 Å². The van der Waals surface area contributed by atoms with E-state index in [1.807, 2.05) is 0 Å². The molecule has 0 atom stereocenters. The summed E-state index contributed by atoms with van der Waals surface area (Å²) in [7, 11) is 0. The van der Waals surface area contributed by atoms with Crippen LogP contribution in [0, 0.1) is 18.6 Å². The lowest BCUT2D eigenvalue weighted by Crippen LogP contribution is -2.05. The molecule has 0 spiro atoms. The van der Waals surface area contributed by atoms with Crippen LogP contribution in [0.5, 0.6) is 0 Å². The van der Waals surface area contributed by atoms with Gasteiger partial charge in [-0.1, -0.05) is 0 Å². The zero-order valence-corrected chi connectivity index (χ0v) is 8.42. The van der Waals surface area contributed by atoms with E-state index in [1.54, 1.807) is 6.92 Å². The van der Waals surface area contributed by atoms with Gasteiger partial charge in [-0.15, -0.1) is 0 Å². The Morgan fingerprint density at radius 2 is 2.06 bits per heavy atom. The summed E-state index contributed by atoms with van der Waals surface area (Å²) in [4.78, 5) is 11.7. The van der Waals surface area contributed by atoms with Crippen LogP contribution in [0.15, 0.2) is 24.3 Å². The van der Waals surface area contributed by atoms with Crippen molar-refractivity contribution in [3.05, 3.63) is 52.9 Å². The monoisotopic (exact) mass is 222 g/mol. The molecule has 2 rings (SSSR count). The van der Waals surface area contributed by atoms with E-state index in [4.69, 9.17) is 0 Å². The Hall–Kier alpha value is -2.04. The van der Waals surface area contributed by atoms with Crippen LogP contribution in [0.4, 0.5) is 8.78 Å². The Labute approximate surface area is 90.1 Å². The van der Waals surface area contributed by atoms with Crippen LogP contribution in [0.25, 0.3) is 0 Å². The molecular formula is C11H8F2N2O. The second kappa shape index (κ2) is 3.84. The number of benzene rings is 1. The van der Waals surface area contributed by atoms with Gasteiger partial charge in [-0.2, -0.15) is 5.10 Å². The summed E-state index contributed by atoms with van der Waals surface area (Å²) in [6.07, 6.45) is 0. The van der Waals surface area contributed by atoms with Crippen molar-refractivity contribution in [2.45, 2.75) is 6.92 Å². The van der Waals surface area contributed by atoms with Gasteiger partial charge in [-0.3, -0.25) is 9.89 Å². The Morgan fingerprint density at radius 3 is 2.62 bits per heavy atom. The maximum Gasteiger partial charge on any atom is 0.216 e. The van der Waals surface area contributed by atoms with Gasteiger partial charge < -0.3 is 0 Å². The average molecular weight is 222 g/mol. The molecule has 0 bridgehead atoms. The van der Waals surface area contributed by atoms with Gasteiger partial charge >= 0.3 is 0 Å². The third-order valence-electron chi connectivity index (χ3n) is 2.11. The van der Waals surface area contributed by atoms with Gasteiger partial charge in [0.15, 0.2) is 0 Å². The second-order valence-electron chi connectivity index (χ2n) is 3.39. The molecule has 16 heavy (non-hydrogen) atoms. The predicted octanol–water partition coefficient (Wildman–Crippen LogP) is 2.23. The third kappa shape index (κ3) is 1.84. The molecule has 3 nitrogen and oxygen atoms in total. The summed E-state index contributed by atoms with van der Waals surface area (Å²) in [5.74, 6) is -2.17. The number of carbonyl (C=O) groups excluding carboxylic acids is 1. The number of hydrogen-bond donors (Lipinski definition) is 1. The molecule has 5 heteroatoms. The van der Waals surface area contributed by atoms with Gasteiger partial charge in [0, 0.05) is 11.8 Å². The number of rotatable bonds is 2. The standard InChI is InChI=1S/C11H8F2N2O/c1-6-4-10(15-14-6)11(16)8-3-2-7(12)5-9(8)13/h2-5H,1H3,(H,14,15). The summed E-state index contributed by atoms with van der Waals surface area (Å²) in [6, 6.07) is 4.32. The van der Waals surface area contributed by atoms with Gasteiger partial charge in [0.05, 0.1) is 5.56 Å². The first-order valence-corrected chi connectivity index (χ1v) is 4.59. The van der Waals surface area contributed by atoms with E-state index in [1.165, 1.54) is 6.07 Å². The fourth-order valence-electron chi connectivity index (χ4n) is 1.35. The van der Waals surface area contributed by atoms with Gasteiger partial charge in [-0.05, 0) is 25.1 Å². The van der Waals surface area contributed by atoms with Crippen LogP contribution < -0.4 is 0 Å². The van der Waals surface area contributed by atoms with Crippen LogP contribution in [-0.2, 0) is 0 Å². The molecule has 0 unspecified atom stereocenters. The molecule has 0 aliphatic rings. The minimum absolute atomic E-state index is 0.114. The van der Waals surface area contributed by atoms with E-state index in [-0.39, 0.29) is 11.3 Å². The van der Waals surface area contributed by atoms with E-state index in [0.717, 1.165) is 12.1 Å². The lowest BCUT2D eigenvalue weighted by atomic mass is 10.1. The van der Waals surface area contributed by atoms with Crippen molar-refractivity contribution < 1.29 is 13.6 Å². The van der Waals surface area contributed by atoms with Crippen LogP contribution >= 0.6 is 0 Å². The maximum atomic E-state index is 13.3. The highest BCUT2D eigenvalue weighted by Gasteiger charge is 2.16. The fourth-order valence-corrected chi connectivity index (χ4v) is 1.35. The van der Waals surface area contributed by atoms with E-state index < -0.39 is 17.4 Å². The van der Waals surface area contributed by atoms with Crippen molar-refractivity contribution in [2.24, 2.45) is 0 Å². The molecule has 82 valence electrons. The quantitative estimate of drug-likeness (QED) is 0.792. The highest BCUT2D eigenvalue weighted by Crippen LogP contribution is 2.14. The molecule has 1 heterocycles. The molecule has 0 saturated carbocycles.